The zero-order valence-electron chi connectivity index (χ0n) is 11.2. The van der Waals surface area contributed by atoms with Crippen LogP contribution in [-0.4, -0.2) is 4.89 Å². The molecule has 2 atom stereocenters. The van der Waals surface area contributed by atoms with E-state index in [4.69, 9.17) is 10.5 Å². The van der Waals surface area contributed by atoms with E-state index in [0.717, 1.165) is 5.56 Å². The molecular weight excluding hydrogens is 273 g/mol. The van der Waals surface area contributed by atoms with E-state index >= 15 is 0 Å². The SMILES string of the molecule is CC(c1cccc(N)c1OCc1ccccc1)[P+](=O)O. The molecule has 0 amide bonds. The van der Waals surface area contributed by atoms with Gasteiger partial charge in [-0.05, 0) is 23.1 Å². The van der Waals surface area contributed by atoms with Crippen LogP contribution in [-0.2, 0) is 11.2 Å². The lowest BCUT2D eigenvalue weighted by atomic mass is 10.1. The van der Waals surface area contributed by atoms with E-state index < -0.39 is 13.7 Å². The Balaban J connectivity index is 2.24. The lowest BCUT2D eigenvalue weighted by Gasteiger charge is -2.13. The van der Waals surface area contributed by atoms with Gasteiger partial charge in [0.25, 0.3) is 0 Å². The first-order chi connectivity index (χ1) is 9.59. The first kappa shape index (κ1) is 14.5. The van der Waals surface area contributed by atoms with Gasteiger partial charge in [0, 0.05) is 5.56 Å². The monoisotopic (exact) mass is 290 g/mol. The summed E-state index contributed by atoms with van der Waals surface area (Å²) >= 11 is 0. The molecule has 2 unspecified atom stereocenters. The fourth-order valence-electron chi connectivity index (χ4n) is 1.92. The number of rotatable bonds is 5. The van der Waals surface area contributed by atoms with Crippen LogP contribution in [0.5, 0.6) is 5.75 Å². The van der Waals surface area contributed by atoms with Crippen molar-refractivity contribution in [1.82, 2.24) is 0 Å². The van der Waals surface area contributed by atoms with E-state index in [9.17, 15) is 9.46 Å². The Morgan fingerprint density at radius 2 is 1.90 bits per heavy atom. The maximum atomic E-state index is 11.3. The fraction of sp³-hybridized carbons (Fsp3) is 0.200. The van der Waals surface area contributed by atoms with E-state index in [1.807, 2.05) is 30.3 Å². The van der Waals surface area contributed by atoms with Gasteiger partial charge in [-0.15, -0.1) is 0 Å². The van der Waals surface area contributed by atoms with E-state index in [1.54, 1.807) is 25.1 Å². The van der Waals surface area contributed by atoms with Crippen LogP contribution in [0, 0.1) is 0 Å². The third-order valence-electron chi connectivity index (χ3n) is 3.08. The van der Waals surface area contributed by atoms with Gasteiger partial charge in [-0.1, -0.05) is 42.5 Å². The fourth-order valence-corrected chi connectivity index (χ4v) is 2.36. The Labute approximate surface area is 119 Å². The smallest absolute Gasteiger partial charge is 0.486 e. The van der Waals surface area contributed by atoms with Gasteiger partial charge in [0.05, 0.1) is 5.69 Å². The molecule has 5 heteroatoms. The molecule has 0 aliphatic carbocycles. The third-order valence-corrected chi connectivity index (χ3v) is 4.02. The lowest BCUT2D eigenvalue weighted by molar-refractivity contribution is 0.304. The van der Waals surface area contributed by atoms with Gasteiger partial charge in [-0.2, -0.15) is 4.89 Å². The van der Waals surface area contributed by atoms with E-state index in [2.05, 4.69) is 0 Å². The molecule has 0 aromatic heterocycles. The molecule has 20 heavy (non-hydrogen) atoms. The minimum atomic E-state index is -2.32. The molecule has 3 N–H and O–H groups in total. The molecular formula is C15H17NO3P+. The van der Waals surface area contributed by atoms with Gasteiger partial charge in [0.15, 0.2) is 5.75 Å². The van der Waals surface area contributed by atoms with Gasteiger partial charge < -0.3 is 10.5 Å². The van der Waals surface area contributed by atoms with Crippen LogP contribution < -0.4 is 10.5 Å². The predicted molar refractivity (Wildman–Crippen MR) is 79.9 cm³/mol. The van der Waals surface area contributed by atoms with Gasteiger partial charge in [-0.3, -0.25) is 0 Å². The van der Waals surface area contributed by atoms with Gasteiger partial charge in [0.2, 0.25) is 5.66 Å². The van der Waals surface area contributed by atoms with Crippen LogP contribution in [0.1, 0.15) is 23.7 Å². The van der Waals surface area contributed by atoms with E-state index in [-0.39, 0.29) is 0 Å². The highest BCUT2D eigenvalue weighted by atomic mass is 31.1. The molecule has 2 aromatic rings. The normalized spacial score (nSPS) is 12.8. The van der Waals surface area contributed by atoms with Crippen molar-refractivity contribution >= 4 is 13.7 Å². The summed E-state index contributed by atoms with van der Waals surface area (Å²) in [5, 5.41) is 0. The molecule has 104 valence electrons. The van der Waals surface area contributed by atoms with Crippen LogP contribution in [0.25, 0.3) is 0 Å². The summed E-state index contributed by atoms with van der Waals surface area (Å²) in [4.78, 5) is 9.29. The second-order valence-corrected chi connectivity index (χ2v) is 5.90. The summed E-state index contributed by atoms with van der Waals surface area (Å²) in [6, 6.07) is 15.0. The Hall–Kier alpha value is -1.90. The number of anilines is 1. The van der Waals surface area contributed by atoms with Crippen molar-refractivity contribution in [1.29, 1.82) is 0 Å². The molecule has 0 spiro atoms. The molecule has 0 radical (unpaired) electrons. The number of para-hydroxylation sites is 1. The molecule has 0 bridgehead atoms. The number of ether oxygens (including phenoxy) is 1. The lowest BCUT2D eigenvalue weighted by Crippen LogP contribution is -2.03. The quantitative estimate of drug-likeness (QED) is 0.651. The predicted octanol–water partition coefficient (Wildman–Crippen LogP) is 3.64. The molecule has 4 nitrogen and oxygen atoms in total. The summed E-state index contributed by atoms with van der Waals surface area (Å²) in [7, 11) is -2.32. The van der Waals surface area contributed by atoms with Gasteiger partial charge >= 0.3 is 8.03 Å². The molecule has 0 saturated heterocycles. The van der Waals surface area contributed by atoms with Crippen molar-refractivity contribution in [2.75, 3.05) is 5.73 Å². The van der Waals surface area contributed by atoms with Crippen molar-refractivity contribution < 1.29 is 14.2 Å². The summed E-state index contributed by atoms with van der Waals surface area (Å²) in [6.07, 6.45) is 0. The molecule has 0 saturated carbocycles. The van der Waals surface area contributed by atoms with E-state index in [1.165, 1.54) is 0 Å². The van der Waals surface area contributed by atoms with Crippen molar-refractivity contribution in [2.24, 2.45) is 0 Å². The minimum Gasteiger partial charge on any atom is -0.486 e. The van der Waals surface area contributed by atoms with Gasteiger partial charge in [-0.25, -0.2) is 0 Å². The first-order valence-electron chi connectivity index (χ1n) is 6.30. The Morgan fingerprint density at radius 3 is 2.55 bits per heavy atom. The highest BCUT2D eigenvalue weighted by Gasteiger charge is 2.29. The summed E-state index contributed by atoms with van der Waals surface area (Å²) in [6.45, 7) is 2.06. The van der Waals surface area contributed by atoms with E-state index in [0.29, 0.717) is 23.6 Å². The Bertz CT molecular complexity index is 601. The Kier molecular flexibility index (Phi) is 4.72. The highest BCUT2D eigenvalue weighted by Crippen LogP contribution is 2.43. The maximum Gasteiger partial charge on any atom is 0.513 e. The number of nitrogen functional groups attached to an aromatic ring is 1. The van der Waals surface area contributed by atoms with Crippen LogP contribution in [0.2, 0.25) is 0 Å². The Morgan fingerprint density at radius 1 is 1.20 bits per heavy atom. The van der Waals surface area contributed by atoms with Crippen LogP contribution in [0.3, 0.4) is 0 Å². The first-order valence-corrected chi connectivity index (χ1v) is 7.58. The maximum absolute atomic E-state index is 11.3. The zero-order chi connectivity index (χ0) is 14.5. The highest BCUT2D eigenvalue weighted by molar-refractivity contribution is 7.38. The van der Waals surface area contributed by atoms with Gasteiger partial charge in [0.1, 0.15) is 6.61 Å². The number of hydrogen-bond acceptors (Lipinski definition) is 3. The third kappa shape index (κ3) is 3.35. The molecule has 0 heterocycles. The molecule has 0 fully saturated rings. The molecule has 0 aliphatic rings. The molecule has 2 aromatic carbocycles. The molecule has 0 aliphatic heterocycles. The minimum absolute atomic E-state index is 0.372. The van der Waals surface area contributed by atoms with Crippen molar-refractivity contribution in [3.8, 4) is 5.75 Å². The average Bonchev–Trinajstić information content (AvgIpc) is 2.46. The van der Waals surface area contributed by atoms with Crippen LogP contribution in [0.15, 0.2) is 48.5 Å². The largest absolute Gasteiger partial charge is 0.513 e. The second kappa shape index (κ2) is 6.51. The van der Waals surface area contributed by atoms with Crippen molar-refractivity contribution in [3.05, 3.63) is 59.7 Å². The van der Waals surface area contributed by atoms with Crippen LogP contribution >= 0.6 is 8.03 Å². The second-order valence-electron chi connectivity index (χ2n) is 4.52. The topological polar surface area (TPSA) is 72.5 Å². The zero-order valence-corrected chi connectivity index (χ0v) is 12.1. The number of nitrogens with two attached hydrogens (primary N) is 1. The summed E-state index contributed by atoms with van der Waals surface area (Å²) in [5.41, 5.74) is 7.56. The average molecular weight is 290 g/mol. The van der Waals surface area contributed by atoms with Crippen molar-refractivity contribution in [3.63, 3.8) is 0 Å². The summed E-state index contributed by atoms with van der Waals surface area (Å²) in [5.74, 6) is 0.487. The molecule has 2 rings (SSSR count). The standard InChI is InChI=1S/C15H16NO3P/c1-11(20(17)18)13-8-5-9-14(16)15(13)19-10-12-6-3-2-4-7-12/h2-9,11H,10,16H2,1H3/p+1. The van der Waals surface area contributed by atoms with Crippen LogP contribution in [0.4, 0.5) is 5.69 Å². The van der Waals surface area contributed by atoms with Crippen molar-refractivity contribution in [2.45, 2.75) is 19.2 Å². The number of benzene rings is 2. The number of hydrogen-bond donors (Lipinski definition) is 2. The summed E-state index contributed by atoms with van der Waals surface area (Å²) < 4.78 is 17.0.